The monoisotopic (exact) mass is 389 g/mol. The molecule has 1 aliphatic rings. The standard InChI is InChI=1S/C21H15N3O5/c25-18(26)9-12-5-7-14(8-6-12)24-20(28)16(19(27)23-21(24)29)10-13-11-22-17-4-2-1-3-15(13)17/h1-8,10-11,28H,9H2,(H,25,26)(H,23,27,29)/b13-10+. The van der Waals surface area contributed by atoms with Crippen LogP contribution >= 0.6 is 0 Å². The van der Waals surface area contributed by atoms with E-state index in [1.54, 1.807) is 18.3 Å². The fourth-order valence-electron chi connectivity index (χ4n) is 3.16. The number of carboxylic acids is 1. The zero-order valence-corrected chi connectivity index (χ0v) is 15.0. The van der Waals surface area contributed by atoms with Crippen LogP contribution in [0.15, 0.2) is 63.1 Å². The number of aromatic nitrogens is 2. The van der Waals surface area contributed by atoms with Gasteiger partial charge in [-0.15, -0.1) is 0 Å². The molecule has 0 bridgehead atoms. The summed E-state index contributed by atoms with van der Waals surface area (Å²) in [5, 5.41) is 19.5. The van der Waals surface area contributed by atoms with Crippen LogP contribution in [0.5, 0.6) is 5.88 Å². The Hall–Kier alpha value is -4.20. The van der Waals surface area contributed by atoms with E-state index < -0.39 is 23.1 Å². The zero-order valence-electron chi connectivity index (χ0n) is 15.0. The second kappa shape index (κ2) is 7.08. The lowest BCUT2D eigenvalue weighted by molar-refractivity contribution is -0.136. The number of carboxylic acid groups (broad SMARTS) is 1. The fourth-order valence-corrected chi connectivity index (χ4v) is 3.16. The maximum absolute atomic E-state index is 12.3. The van der Waals surface area contributed by atoms with Crippen molar-refractivity contribution in [1.82, 2.24) is 9.55 Å². The van der Waals surface area contributed by atoms with Crippen molar-refractivity contribution in [3.8, 4) is 11.6 Å². The SMILES string of the molecule is O=C(O)Cc1ccc(-n2c(O)c(/C=C3\C=Nc4ccccc43)c(=O)[nH]c2=O)cc1. The topological polar surface area (TPSA) is 125 Å². The molecule has 3 aromatic rings. The van der Waals surface area contributed by atoms with Gasteiger partial charge < -0.3 is 10.2 Å². The molecule has 0 aliphatic carbocycles. The molecule has 0 saturated heterocycles. The Balaban J connectivity index is 1.82. The van der Waals surface area contributed by atoms with Crippen LogP contribution in [0.4, 0.5) is 5.69 Å². The first kappa shape index (κ1) is 18.2. The number of aliphatic imine (C=N–C) groups is 1. The summed E-state index contributed by atoms with van der Waals surface area (Å²) in [6.07, 6.45) is 2.89. The number of hydrogen-bond acceptors (Lipinski definition) is 5. The molecule has 1 aliphatic heterocycles. The molecular formula is C21H15N3O5. The maximum atomic E-state index is 12.3. The lowest BCUT2D eigenvalue weighted by Gasteiger charge is -2.11. The predicted molar refractivity (Wildman–Crippen MR) is 108 cm³/mol. The minimum absolute atomic E-state index is 0.0858. The van der Waals surface area contributed by atoms with Crippen molar-refractivity contribution in [2.45, 2.75) is 6.42 Å². The number of fused-ring (bicyclic) bond motifs is 1. The molecule has 1 aromatic heterocycles. The van der Waals surface area contributed by atoms with Gasteiger partial charge in [0.05, 0.1) is 17.8 Å². The molecule has 0 spiro atoms. The van der Waals surface area contributed by atoms with E-state index in [2.05, 4.69) is 9.98 Å². The number of aromatic amines is 1. The van der Waals surface area contributed by atoms with Crippen LogP contribution in [-0.2, 0) is 11.2 Å². The molecule has 0 saturated carbocycles. The number of nitrogens with one attached hydrogen (secondary N) is 1. The van der Waals surface area contributed by atoms with E-state index in [0.717, 1.165) is 15.8 Å². The summed E-state index contributed by atoms with van der Waals surface area (Å²) >= 11 is 0. The van der Waals surface area contributed by atoms with Gasteiger partial charge in [-0.1, -0.05) is 30.3 Å². The van der Waals surface area contributed by atoms with Gasteiger partial charge in [0, 0.05) is 17.4 Å². The summed E-state index contributed by atoms with van der Waals surface area (Å²) in [5.41, 5.74) is 1.40. The number of aliphatic carboxylic acids is 1. The molecule has 4 rings (SSSR count). The Bertz CT molecular complexity index is 1300. The minimum atomic E-state index is -0.978. The highest BCUT2D eigenvalue weighted by Gasteiger charge is 2.17. The van der Waals surface area contributed by atoms with Crippen molar-refractivity contribution in [3.63, 3.8) is 0 Å². The number of hydrogen-bond donors (Lipinski definition) is 3. The normalized spacial score (nSPS) is 13.6. The third-order valence-electron chi connectivity index (χ3n) is 4.53. The summed E-state index contributed by atoms with van der Waals surface area (Å²) in [6.45, 7) is 0. The Morgan fingerprint density at radius 3 is 2.55 bits per heavy atom. The molecular weight excluding hydrogens is 374 g/mol. The summed E-state index contributed by atoms with van der Waals surface area (Å²) in [7, 11) is 0. The lowest BCUT2D eigenvalue weighted by Crippen LogP contribution is -2.30. The van der Waals surface area contributed by atoms with Gasteiger partial charge in [0.25, 0.3) is 5.56 Å². The van der Waals surface area contributed by atoms with Crippen molar-refractivity contribution in [1.29, 1.82) is 0 Å². The Kier molecular flexibility index (Phi) is 4.44. The number of H-pyrrole nitrogens is 1. The molecule has 29 heavy (non-hydrogen) atoms. The first-order valence-electron chi connectivity index (χ1n) is 8.68. The van der Waals surface area contributed by atoms with Crippen molar-refractivity contribution < 1.29 is 15.0 Å². The molecule has 0 fully saturated rings. The van der Waals surface area contributed by atoms with Crippen molar-refractivity contribution >= 4 is 29.5 Å². The lowest BCUT2D eigenvalue weighted by atomic mass is 10.1. The van der Waals surface area contributed by atoms with E-state index in [4.69, 9.17) is 5.11 Å². The first-order chi connectivity index (χ1) is 13.9. The highest BCUT2D eigenvalue weighted by Crippen LogP contribution is 2.32. The van der Waals surface area contributed by atoms with Gasteiger partial charge in [0.15, 0.2) is 0 Å². The number of benzene rings is 2. The predicted octanol–water partition coefficient (Wildman–Crippen LogP) is 2.11. The summed E-state index contributed by atoms with van der Waals surface area (Å²) in [4.78, 5) is 41.9. The van der Waals surface area contributed by atoms with Crippen LogP contribution in [0.1, 0.15) is 16.7 Å². The summed E-state index contributed by atoms with van der Waals surface area (Å²) < 4.78 is 0.955. The third-order valence-corrected chi connectivity index (χ3v) is 4.53. The second-order valence-electron chi connectivity index (χ2n) is 6.44. The van der Waals surface area contributed by atoms with E-state index in [1.807, 2.05) is 24.3 Å². The zero-order chi connectivity index (χ0) is 20.5. The average molecular weight is 389 g/mol. The molecule has 0 amide bonds. The van der Waals surface area contributed by atoms with Crippen molar-refractivity contribution in [3.05, 3.63) is 86.1 Å². The third kappa shape index (κ3) is 3.39. The van der Waals surface area contributed by atoms with Crippen LogP contribution < -0.4 is 11.2 Å². The summed E-state index contributed by atoms with van der Waals surface area (Å²) in [6, 6.07) is 13.4. The molecule has 2 aromatic carbocycles. The van der Waals surface area contributed by atoms with Crippen LogP contribution in [0.25, 0.3) is 17.3 Å². The molecule has 144 valence electrons. The summed E-state index contributed by atoms with van der Waals surface area (Å²) in [5.74, 6) is -1.50. The van der Waals surface area contributed by atoms with E-state index in [1.165, 1.54) is 18.2 Å². The highest BCUT2D eigenvalue weighted by atomic mass is 16.4. The van der Waals surface area contributed by atoms with E-state index >= 15 is 0 Å². The Morgan fingerprint density at radius 2 is 1.83 bits per heavy atom. The van der Waals surface area contributed by atoms with Gasteiger partial charge in [-0.3, -0.25) is 19.6 Å². The van der Waals surface area contributed by atoms with Gasteiger partial charge in [-0.25, -0.2) is 9.36 Å². The molecule has 3 N–H and O–H groups in total. The van der Waals surface area contributed by atoms with Gasteiger partial charge in [0.2, 0.25) is 5.88 Å². The van der Waals surface area contributed by atoms with Crippen LogP contribution in [-0.4, -0.2) is 31.9 Å². The average Bonchev–Trinajstić information content (AvgIpc) is 3.09. The van der Waals surface area contributed by atoms with E-state index in [9.17, 15) is 19.5 Å². The van der Waals surface area contributed by atoms with Crippen LogP contribution in [0.2, 0.25) is 0 Å². The molecule has 8 nitrogen and oxygen atoms in total. The first-order valence-corrected chi connectivity index (χ1v) is 8.68. The van der Waals surface area contributed by atoms with E-state index in [0.29, 0.717) is 11.1 Å². The largest absolute Gasteiger partial charge is 0.494 e. The number of allylic oxidation sites excluding steroid dienone is 1. The maximum Gasteiger partial charge on any atom is 0.335 e. The number of carbonyl (C=O) groups is 1. The van der Waals surface area contributed by atoms with Gasteiger partial charge in [-0.05, 0) is 29.8 Å². The molecule has 0 unspecified atom stereocenters. The highest BCUT2D eigenvalue weighted by molar-refractivity contribution is 6.21. The minimum Gasteiger partial charge on any atom is -0.494 e. The smallest absolute Gasteiger partial charge is 0.335 e. The molecule has 2 heterocycles. The number of aromatic hydroxyl groups is 1. The number of nitrogens with zero attached hydrogens (tertiary/aromatic N) is 2. The second-order valence-corrected chi connectivity index (χ2v) is 6.44. The Labute approximate surface area is 163 Å². The van der Waals surface area contributed by atoms with Crippen molar-refractivity contribution in [2.75, 3.05) is 0 Å². The number of para-hydroxylation sites is 1. The molecule has 0 atom stereocenters. The number of rotatable bonds is 4. The molecule has 0 radical (unpaired) electrons. The van der Waals surface area contributed by atoms with Gasteiger partial charge in [-0.2, -0.15) is 0 Å². The van der Waals surface area contributed by atoms with E-state index in [-0.39, 0.29) is 17.7 Å². The van der Waals surface area contributed by atoms with Crippen molar-refractivity contribution in [2.24, 2.45) is 4.99 Å². The van der Waals surface area contributed by atoms with Crippen LogP contribution in [0.3, 0.4) is 0 Å². The van der Waals surface area contributed by atoms with Gasteiger partial charge >= 0.3 is 11.7 Å². The Morgan fingerprint density at radius 1 is 1.10 bits per heavy atom. The fraction of sp³-hybridized carbons (Fsp3) is 0.0476. The van der Waals surface area contributed by atoms with Crippen LogP contribution in [0, 0.1) is 0 Å². The quantitative estimate of drug-likeness (QED) is 0.630. The van der Waals surface area contributed by atoms with Gasteiger partial charge in [0.1, 0.15) is 5.56 Å². The molecule has 8 heteroatoms.